The van der Waals surface area contributed by atoms with Crippen molar-refractivity contribution in [3.63, 3.8) is 0 Å². The van der Waals surface area contributed by atoms with Crippen molar-refractivity contribution in [1.82, 2.24) is 5.32 Å². The van der Waals surface area contributed by atoms with E-state index in [4.69, 9.17) is 0 Å². The molecule has 20 heavy (non-hydrogen) atoms. The Morgan fingerprint density at radius 1 is 1.25 bits per heavy atom. The second kappa shape index (κ2) is 4.89. The van der Waals surface area contributed by atoms with Crippen molar-refractivity contribution >= 4 is 17.5 Å². The molecule has 0 bridgehead atoms. The molecular formula is C15H19FN2O2. The van der Waals surface area contributed by atoms with Crippen molar-refractivity contribution in [2.75, 3.05) is 11.4 Å². The summed E-state index contributed by atoms with van der Waals surface area (Å²) >= 11 is 0. The molecule has 1 aromatic carbocycles. The van der Waals surface area contributed by atoms with E-state index >= 15 is 0 Å². The van der Waals surface area contributed by atoms with E-state index in [0.29, 0.717) is 11.3 Å². The summed E-state index contributed by atoms with van der Waals surface area (Å²) in [7, 11) is 0. The molecule has 1 aromatic rings. The van der Waals surface area contributed by atoms with Crippen molar-refractivity contribution in [3.05, 3.63) is 29.6 Å². The Balaban J connectivity index is 2.40. The van der Waals surface area contributed by atoms with Gasteiger partial charge in [0.15, 0.2) is 0 Å². The van der Waals surface area contributed by atoms with Gasteiger partial charge in [-0.2, -0.15) is 0 Å². The molecule has 2 amide bonds. The van der Waals surface area contributed by atoms with Crippen LogP contribution in [0, 0.1) is 18.2 Å². The van der Waals surface area contributed by atoms with Crippen LogP contribution in [-0.2, 0) is 9.59 Å². The van der Waals surface area contributed by atoms with Gasteiger partial charge in [-0.3, -0.25) is 9.59 Å². The molecule has 0 aromatic heterocycles. The third-order valence-electron chi connectivity index (χ3n) is 3.32. The molecule has 1 saturated heterocycles. The van der Waals surface area contributed by atoms with Gasteiger partial charge in [-0.1, -0.05) is 20.8 Å². The summed E-state index contributed by atoms with van der Waals surface area (Å²) in [5, 5.41) is 2.71. The third kappa shape index (κ3) is 2.81. The number of hydrogen-bond acceptors (Lipinski definition) is 2. The van der Waals surface area contributed by atoms with Crippen molar-refractivity contribution < 1.29 is 14.0 Å². The molecule has 0 radical (unpaired) electrons. The number of rotatable bonds is 1. The molecule has 0 spiro atoms. The van der Waals surface area contributed by atoms with Crippen LogP contribution in [0.1, 0.15) is 26.3 Å². The van der Waals surface area contributed by atoms with E-state index in [2.05, 4.69) is 5.32 Å². The van der Waals surface area contributed by atoms with Crippen LogP contribution < -0.4 is 10.2 Å². The fraction of sp³-hybridized carbons (Fsp3) is 0.467. The SMILES string of the molecule is Cc1cc(F)cc(N2CC(=O)NC(C(C)(C)C)C2=O)c1. The standard InChI is InChI=1S/C15H19FN2O2/c1-9-5-10(16)7-11(6-9)18-8-12(19)17-13(14(18)20)15(2,3)4/h5-7,13H,8H2,1-4H3,(H,17,19). The molecular weight excluding hydrogens is 259 g/mol. The minimum atomic E-state index is -0.604. The number of carbonyl (C=O) groups excluding carboxylic acids is 2. The first-order valence-electron chi connectivity index (χ1n) is 6.56. The summed E-state index contributed by atoms with van der Waals surface area (Å²) < 4.78 is 13.5. The first-order chi connectivity index (χ1) is 9.18. The Morgan fingerprint density at radius 2 is 1.90 bits per heavy atom. The minimum Gasteiger partial charge on any atom is -0.342 e. The molecule has 108 valence electrons. The van der Waals surface area contributed by atoms with Gasteiger partial charge in [0.1, 0.15) is 18.4 Å². The van der Waals surface area contributed by atoms with E-state index in [9.17, 15) is 14.0 Å². The smallest absolute Gasteiger partial charge is 0.250 e. The van der Waals surface area contributed by atoms with Crippen LogP contribution in [0.2, 0.25) is 0 Å². The second-order valence-electron chi connectivity index (χ2n) is 6.28. The summed E-state index contributed by atoms with van der Waals surface area (Å²) in [6.45, 7) is 7.33. The largest absolute Gasteiger partial charge is 0.342 e. The van der Waals surface area contributed by atoms with Gasteiger partial charge in [-0.25, -0.2) is 4.39 Å². The van der Waals surface area contributed by atoms with Crippen molar-refractivity contribution in [2.24, 2.45) is 5.41 Å². The molecule has 2 rings (SSSR count). The number of nitrogens with zero attached hydrogens (tertiary/aromatic N) is 1. The Bertz CT molecular complexity index is 543. The van der Waals surface area contributed by atoms with Crippen LogP contribution >= 0.6 is 0 Å². The average Bonchev–Trinajstić information content (AvgIpc) is 2.29. The molecule has 1 fully saturated rings. The highest BCUT2D eigenvalue weighted by atomic mass is 19.1. The van der Waals surface area contributed by atoms with Crippen LogP contribution in [0.5, 0.6) is 0 Å². The second-order valence-corrected chi connectivity index (χ2v) is 6.28. The molecule has 0 saturated carbocycles. The summed E-state index contributed by atoms with van der Waals surface area (Å²) in [5.74, 6) is -0.848. The Morgan fingerprint density at radius 3 is 2.45 bits per heavy atom. The molecule has 5 heteroatoms. The van der Waals surface area contributed by atoms with Crippen LogP contribution in [-0.4, -0.2) is 24.4 Å². The number of amides is 2. The van der Waals surface area contributed by atoms with Crippen molar-refractivity contribution in [1.29, 1.82) is 0 Å². The minimum absolute atomic E-state index is 0.0751. The zero-order chi connectivity index (χ0) is 15.1. The highest BCUT2D eigenvalue weighted by Crippen LogP contribution is 2.27. The summed E-state index contributed by atoms with van der Waals surface area (Å²) in [4.78, 5) is 25.7. The number of halogens is 1. The van der Waals surface area contributed by atoms with Gasteiger partial charge in [0, 0.05) is 5.69 Å². The van der Waals surface area contributed by atoms with E-state index < -0.39 is 17.3 Å². The third-order valence-corrected chi connectivity index (χ3v) is 3.32. The zero-order valence-electron chi connectivity index (χ0n) is 12.2. The first kappa shape index (κ1) is 14.5. The fourth-order valence-corrected chi connectivity index (χ4v) is 2.32. The van der Waals surface area contributed by atoms with E-state index in [-0.39, 0.29) is 18.4 Å². The molecule has 1 N–H and O–H groups in total. The first-order valence-corrected chi connectivity index (χ1v) is 6.56. The lowest BCUT2D eigenvalue weighted by molar-refractivity contribution is -0.133. The average molecular weight is 278 g/mol. The van der Waals surface area contributed by atoms with E-state index in [0.717, 1.165) is 0 Å². The highest BCUT2D eigenvalue weighted by Gasteiger charge is 2.40. The van der Waals surface area contributed by atoms with Gasteiger partial charge in [-0.15, -0.1) is 0 Å². The maximum absolute atomic E-state index is 13.5. The van der Waals surface area contributed by atoms with Gasteiger partial charge in [0.25, 0.3) is 5.91 Å². The lowest BCUT2D eigenvalue weighted by Gasteiger charge is -2.38. The van der Waals surface area contributed by atoms with Crippen LogP contribution in [0.3, 0.4) is 0 Å². The number of benzene rings is 1. The van der Waals surface area contributed by atoms with Gasteiger partial charge < -0.3 is 10.2 Å². The van der Waals surface area contributed by atoms with E-state index in [1.165, 1.54) is 17.0 Å². The quantitative estimate of drug-likeness (QED) is 0.854. The van der Waals surface area contributed by atoms with Crippen LogP contribution in [0.15, 0.2) is 18.2 Å². The van der Waals surface area contributed by atoms with Gasteiger partial charge in [0.05, 0.1) is 0 Å². The molecule has 1 aliphatic rings. The molecule has 1 atom stereocenters. The van der Waals surface area contributed by atoms with Crippen molar-refractivity contribution in [3.8, 4) is 0 Å². The molecule has 1 unspecified atom stereocenters. The van der Waals surface area contributed by atoms with Gasteiger partial charge in [-0.05, 0) is 36.1 Å². The topological polar surface area (TPSA) is 49.4 Å². The van der Waals surface area contributed by atoms with Gasteiger partial charge in [0.2, 0.25) is 5.91 Å². The maximum Gasteiger partial charge on any atom is 0.250 e. The van der Waals surface area contributed by atoms with Gasteiger partial charge >= 0.3 is 0 Å². The van der Waals surface area contributed by atoms with Crippen LogP contribution in [0.4, 0.5) is 10.1 Å². The summed E-state index contributed by atoms with van der Waals surface area (Å²) in [5.41, 5.74) is 0.746. The lowest BCUT2D eigenvalue weighted by Crippen LogP contribution is -2.62. The Kier molecular flexibility index (Phi) is 3.54. The number of hydrogen-bond donors (Lipinski definition) is 1. The highest BCUT2D eigenvalue weighted by molar-refractivity contribution is 6.07. The number of carbonyl (C=O) groups is 2. The summed E-state index contributed by atoms with van der Waals surface area (Å²) in [6.07, 6.45) is 0. The van der Waals surface area contributed by atoms with Crippen LogP contribution in [0.25, 0.3) is 0 Å². The number of nitrogens with one attached hydrogen (secondary N) is 1. The Hall–Kier alpha value is -1.91. The number of piperazine rings is 1. The predicted octanol–water partition coefficient (Wildman–Crippen LogP) is 2.01. The molecule has 4 nitrogen and oxygen atoms in total. The van der Waals surface area contributed by atoms with E-state index in [1.807, 2.05) is 20.8 Å². The van der Waals surface area contributed by atoms with E-state index in [1.54, 1.807) is 13.0 Å². The normalized spacial score (nSPS) is 20.1. The zero-order valence-corrected chi connectivity index (χ0v) is 12.2. The number of anilines is 1. The Labute approximate surface area is 118 Å². The number of aryl methyl sites for hydroxylation is 1. The predicted molar refractivity (Wildman–Crippen MR) is 74.9 cm³/mol. The van der Waals surface area contributed by atoms with Crippen molar-refractivity contribution in [2.45, 2.75) is 33.7 Å². The molecule has 0 aliphatic carbocycles. The molecule has 1 heterocycles. The fourth-order valence-electron chi connectivity index (χ4n) is 2.32. The maximum atomic E-state index is 13.5. The summed E-state index contributed by atoms with van der Waals surface area (Å²) in [6, 6.07) is 3.77. The monoisotopic (exact) mass is 278 g/mol. The lowest BCUT2D eigenvalue weighted by atomic mass is 9.84. The molecule has 1 aliphatic heterocycles.